The van der Waals surface area contributed by atoms with E-state index in [1.165, 1.54) is 0 Å². The molecule has 1 unspecified atom stereocenters. The number of nitrogens with one attached hydrogen (secondary N) is 1. The molecular weight excluding hydrogens is 202 g/mol. The molecule has 0 amide bonds. The van der Waals surface area contributed by atoms with Crippen molar-refractivity contribution in [1.29, 1.82) is 0 Å². The first kappa shape index (κ1) is 11.4. The highest BCUT2D eigenvalue weighted by molar-refractivity contribution is 5.44. The summed E-state index contributed by atoms with van der Waals surface area (Å²) in [6.45, 7) is 5.54. The summed E-state index contributed by atoms with van der Waals surface area (Å²) in [6.07, 6.45) is 0.777. The highest BCUT2D eigenvalue weighted by Gasteiger charge is 2.34. The summed E-state index contributed by atoms with van der Waals surface area (Å²) in [5.74, 6) is 0.885. The Morgan fingerprint density at radius 1 is 1.31 bits per heavy atom. The summed E-state index contributed by atoms with van der Waals surface area (Å²) in [5.41, 5.74) is 2.48. The quantitative estimate of drug-likeness (QED) is 0.795. The van der Waals surface area contributed by atoms with E-state index in [0.29, 0.717) is 6.54 Å². The summed E-state index contributed by atoms with van der Waals surface area (Å²) < 4.78 is 5.28. The number of ether oxygens (including phenoxy) is 1. The van der Waals surface area contributed by atoms with Gasteiger partial charge in [-0.05, 0) is 55.6 Å². The van der Waals surface area contributed by atoms with Gasteiger partial charge in [0.2, 0.25) is 0 Å². The smallest absolute Gasteiger partial charge is 0.122 e. The van der Waals surface area contributed by atoms with Crippen LogP contribution in [0.15, 0.2) is 12.1 Å². The highest BCUT2D eigenvalue weighted by atomic mass is 16.5. The zero-order valence-electron chi connectivity index (χ0n) is 10.1. The van der Waals surface area contributed by atoms with Gasteiger partial charge >= 0.3 is 0 Å². The number of aliphatic hydroxyl groups is 1. The number of aryl methyl sites for hydroxylation is 2. The minimum absolute atomic E-state index is 0.639. The number of hydrogen-bond donors (Lipinski definition) is 2. The Bertz CT molecular complexity index is 395. The predicted octanol–water partition coefficient (Wildman–Crippen LogP) is 1.49. The van der Waals surface area contributed by atoms with E-state index in [1.807, 2.05) is 26.0 Å². The van der Waals surface area contributed by atoms with Crippen molar-refractivity contribution in [2.75, 3.05) is 20.2 Å². The lowest BCUT2D eigenvalue weighted by Crippen LogP contribution is -2.29. The molecule has 0 saturated carbocycles. The van der Waals surface area contributed by atoms with E-state index >= 15 is 0 Å². The maximum atomic E-state index is 10.5. The second kappa shape index (κ2) is 4.07. The molecule has 1 aromatic rings. The first-order chi connectivity index (χ1) is 7.57. The lowest BCUT2D eigenvalue weighted by Gasteiger charge is -2.25. The second-order valence-electron chi connectivity index (χ2n) is 4.60. The third-order valence-electron chi connectivity index (χ3n) is 3.38. The van der Waals surface area contributed by atoms with Crippen molar-refractivity contribution in [3.8, 4) is 5.75 Å². The molecule has 0 spiro atoms. The van der Waals surface area contributed by atoms with Crippen LogP contribution in [0.4, 0.5) is 0 Å². The standard InChI is InChI=1S/C13H19NO2/c1-9-7-12(16-3)10(2)6-11(9)13(15)4-5-14-8-13/h6-7,14-15H,4-5,8H2,1-3H3. The normalized spacial score (nSPS) is 24.8. The molecular formula is C13H19NO2. The lowest BCUT2D eigenvalue weighted by atomic mass is 9.88. The summed E-state index contributed by atoms with van der Waals surface area (Å²) in [5, 5.41) is 13.7. The Morgan fingerprint density at radius 2 is 2.06 bits per heavy atom. The van der Waals surface area contributed by atoms with Crippen molar-refractivity contribution in [2.24, 2.45) is 0 Å². The van der Waals surface area contributed by atoms with E-state index in [4.69, 9.17) is 4.74 Å². The molecule has 1 aromatic carbocycles. The fraction of sp³-hybridized carbons (Fsp3) is 0.538. The number of rotatable bonds is 2. The van der Waals surface area contributed by atoms with E-state index < -0.39 is 5.60 Å². The average molecular weight is 221 g/mol. The number of benzene rings is 1. The highest BCUT2D eigenvalue weighted by Crippen LogP contribution is 2.33. The Labute approximate surface area is 96.4 Å². The second-order valence-corrected chi connectivity index (χ2v) is 4.60. The van der Waals surface area contributed by atoms with Gasteiger partial charge in [0.15, 0.2) is 0 Å². The van der Waals surface area contributed by atoms with E-state index in [1.54, 1.807) is 7.11 Å². The molecule has 1 heterocycles. The van der Waals surface area contributed by atoms with Crippen molar-refractivity contribution < 1.29 is 9.84 Å². The summed E-state index contributed by atoms with van der Waals surface area (Å²) in [4.78, 5) is 0. The molecule has 1 aliphatic heterocycles. The van der Waals surface area contributed by atoms with Crippen molar-refractivity contribution in [2.45, 2.75) is 25.9 Å². The molecule has 1 aliphatic rings. The van der Waals surface area contributed by atoms with Gasteiger partial charge in [-0.1, -0.05) is 0 Å². The molecule has 0 bridgehead atoms. The third kappa shape index (κ3) is 1.81. The average Bonchev–Trinajstić information content (AvgIpc) is 2.69. The van der Waals surface area contributed by atoms with Crippen LogP contribution in [-0.4, -0.2) is 25.3 Å². The molecule has 2 rings (SSSR count). The van der Waals surface area contributed by atoms with Gasteiger partial charge in [-0.15, -0.1) is 0 Å². The molecule has 1 atom stereocenters. The number of methoxy groups -OCH3 is 1. The Morgan fingerprint density at radius 3 is 2.62 bits per heavy atom. The van der Waals surface area contributed by atoms with Crippen LogP contribution in [0, 0.1) is 13.8 Å². The maximum Gasteiger partial charge on any atom is 0.122 e. The van der Waals surface area contributed by atoms with E-state index in [2.05, 4.69) is 5.32 Å². The first-order valence-electron chi connectivity index (χ1n) is 5.65. The topological polar surface area (TPSA) is 41.5 Å². The molecule has 88 valence electrons. The van der Waals surface area contributed by atoms with Crippen LogP contribution in [0.5, 0.6) is 5.75 Å². The molecule has 1 saturated heterocycles. The minimum atomic E-state index is -0.707. The SMILES string of the molecule is COc1cc(C)c(C2(O)CCNC2)cc1C. The van der Waals surface area contributed by atoms with Crippen molar-refractivity contribution in [1.82, 2.24) is 5.32 Å². The van der Waals surface area contributed by atoms with E-state index in [9.17, 15) is 5.11 Å². The summed E-state index contributed by atoms with van der Waals surface area (Å²) >= 11 is 0. The van der Waals surface area contributed by atoms with Crippen LogP contribution in [0.1, 0.15) is 23.1 Å². The van der Waals surface area contributed by atoms with Crippen LogP contribution >= 0.6 is 0 Å². The van der Waals surface area contributed by atoms with Gasteiger partial charge in [0, 0.05) is 6.54 Å². The van der Waals surface area contributed by atoms with E-state index in [-0.39, 0.29) is 0 Å². The monoisotopic (exact) mass is 221 g/mol. The summed E-state index contributed by atoms with van der Waals surface area (Å²) in [6, 6.07) is 4.04. The number of β-amino-alcohol motifs (C(OH)–C–C–N with tert-alkyl or cyclic N) is 1. The van der Waals surface area contributed by atoms with Crippen LogP contribution in [0.2, 0.25) is 0 Å². The van der Waals surface area contributed by atoms with Crippen LogP contribution in [0.3, 0.4) is 0 Å². The lowest BCUT2D eigenvalue weighted by molar-refractivity contribution is 0.0580. The molecule has 0 aromatic heterocycles. The molecule has 3 heteroatoms. The Balaban J connectivity index is 2.45. The number of hydrogen-bond acceptors (Lipinski definition) is 3. The zero-order chi connectivity index (χ0) is 11.8. The first-order valence-corrected chi connectivity index (χ1v) is 5.65. The minimum Gasteiger partial charge on any atom is -0.496 e. The Hall–Kier alpha value is -1.06. The van der Waals surface area contributed by atoms with Crippen LogP contribution in [0.25, 0.3) is 0 Å². The summed E-state index contributed by atoms with van der Waals surface area (Å²) in [7, 11) is 1.67. The maximum absolute atomic E-state index is 10.5. The van der Waals surface area contributed by atoms with Gasteiger partial charge in [-0.3, -0.25) is 0 Å². The third-order valence-corrected chi connectivity index (χ3v) is 3.38. The van der Waals surface area contributed by atoms with Crippen LogP contribution in [-0.2, 0) is 5.60 Å². The van der Waals surface area contributed by atoms with Crippen LogP contribution < -0.4 is 10.1 Å². The van der Waals surface area contributed by atoms with Crippen molar-refractivity contribution in [3.63, 3.8) is 0 Å². The van der Waals surface area contributed by atoms with Crippen molar-refractivity contribution in [3.05, 3.63) is 28.8 Å². The van der Waals surface area contributed by atoms with E-state index in [0.717, 1.165) is 35.4 Å². The molecule has 0 radical (unpaired) electrons. The molecule has 1 fully saturated rings. The van der Waals surface area contributed by atoms with Crippen molar-refractivity contribution >= 4 is 0 Å². The molecule has 0 aliphatic carbocycles. The van der Waals surface area contributed by atoms with Gasteiger partial charge < -0.3 is 15.2 Å². The predicted molar refractivity (Wildman–Crippen MR) is 63.9 cm³/mol. The molecule has 2 N–H and O–H groups in total. The van der Waals surface area contributed by atoms with Gasteiger partial charge in [-0.25, -0.2) is 0 Å². The van der Waals surface area contributed by atoms with Gasteiger partial charge in [0.05, 0.1) is 7.11 Å². The van der Waals surface area contributed by atoms with Gasteiger partial charge in [-0.2, -0.15) is 0 Å². The zero-order valence-corrected chi connectivity index (χ0v) is 10.1. The Kier molecular flexibility index (Phi) is 2.91. The molecule has 16 heavy (non-hydrogen) atoms. The molecule has 3 nitrogen and oxygen atoms in total. The van der Waals surface area contributed by atoms with Gasteiger partial charge in [0.25, 0.3) is 0 Å². The fourth-order valence-corrected chi connectivity index (χ4v) is 2.42. The van der Waals surface area contributed by atoms with Gasteiger partial charge in [0.1, 0.15) is 11.4 Å². The fourth-order valence-electron chi connectivity index (χ4n) is 2.42. The largest absolute Gasteiger partial charge is 0.496 e.